The van der Waals surface area contributed by atoms with Crippen molar-refractivity contribution < 1.29 is 5.21 Å². The van der Waals surface area contributed by atoms with Crippen LogP contribution in [0.3, 0.4) is 0 Å². The van der Waals surface area contributed by atoms with Crippen LogP contribution in [0.1, 0.15) is 18.9 Å². The second kappa shape index (κ2) is 5.25. The third-order valence-corrected chi connectivity index (χ3v) is 2.09. The Morgan fingerprint density at radius 1 is 1.43 bits per heavy atom. The van der Waals surface area contributed by atoms with Gasteiger partial charge in [0.15, 0.2) is 0 Å². The van der Waals surface area contributed by atoms with Crippen LogP contribution in [0.15, 0.2) is 24.3 Å². The summed E-state index contributed by atoms with van der Waals surface area (Å²) in [6, 6.07) is 9.66. The van der Waals surface area contributed by atoms with Gasteiger partial charge in [-0.1, -0.05) is 25.1 Å². The number of para-hydroxylation sites is 1. The minimum Gasteiger partial charge on any atom is -0.288 e. The zero-order chi connectivity index (χ0) is 10.4. The quantitative estimate of drug-likeness (QED) is 0.741. The second-order valence-corrected chi connectivity index (χ2v) is 3.01. The maximum absolute atomic E-state index is 9.65. The van der Waals surface area contributed by atoms with Crippen LogP contribution in [-0.2, 0) is 6.42 Å². The largest absolute Gasteiger partial charge is 0.288 e. The van der Waals surface area contributed by atoms with Gasteiger partial charge in [-0.25, -0.2) is 0 Å². The molecule has 0 bridgehead atoms. The van der Waals surface area contributed by atoms with E-state index < -0.39 is 0 Å². The van der Waals surface area contributed by atoms with Crippen molar-refractivity contribution in [2.75, 3.05) is 11.6 Å². The average molecular weight is 190 g/mol. The van der Waals surface area contributed by atoms with Crippen molar-refractivity contribution in [3.05, 3.63) is 29.8 Å². The summed E-state index contributed by atoms with van der Waals surface area (Å²) in [4.78, 5) is 0. The summed E-state index contributed by atoms with van der Waals surface area (Å²) in [6.07, 6.45) is 1.20. The van der Waals surface area contributed by atoms with Gasteiger partial charge in [-0.3, -0.25) is 10.3 Å². The van der Waals surface area contributed by atoms with E-state index in [-0.39, 0.29) is 0 Å². The Hall–Kier alpha value is -1.53. The van der Waals surface area contributed by atoms with Gasteiger partial charge >= 0.3 is 0 Å². The van der Waals surface area contributed by atoms with Gasteiger partial charge in [0, 0.05) is 0 Å². The maximum atomic E-state index is 9.65. The number of hydrogen-bond acceptors (Lipinski definition) is 3. The normalized spacial score (nSPS) is 9.50. The van der Waals surface area contributed by atoms with E-state index in [0.717, 1.165) is 22.7 Å². The lowest BCUT2D eigenvalue weighted by molar-refractivity contribution is 0.256. The highest BCUT2D eigenvalue weighted by atomic mass is 16.5. The van der Waals surface area contributed by atoms with Crippen LogP contribution in [0.2, 0.25) is 0 Å². The molecule has 1 aromatic rings. The van der Waals surface area contributed by atoms with Crippen LogP contribution < -0.4 is 5.06 Å². The number of nitrogens with zero attached hydrogens (tertiary/aromatic N) is 2. The summed E-state index contributed by atoms with van der Waals surface area (Å²) in [5.41, 5.74) is 1.89. The molecule has 3 heteroatoms. The molecule has 0 aliphatic heterocycles. The van der Waals surface area contributed by atoms with Crippen molar-refractivity contribution in [1.82, 2.24) is 0 Å². The fourth-order valence-electron chi connectivity index (χ4n) is 1.34. The van der Waals surface area contributed by atoms with Crippen LogP contribution in [-0.4, -0.2) is 11.8 Å². The van der Waals surface area contributed by atoms with Gasteiger partial charge in [0.25, 0.3) is 0 Å². The van der Waals surface area contributed by atoms with E-state index in [0.29, 0.717) is 13.0 Å². The molecule has 3 nitrogen and oxygen atoms in total. The summed E-state index contributed by atoms with van der Waals surface area (Å²) >= 11 is 0. The number of rotatable bonds is 4. The molecule has 0 unspecified atom stereocenters. The van der Waals surface area contributed by atoms with Crippen LogP contribution in [0.25, 0.3) is 0 Å². The van der Waals surface area contributed by atoms with Gasteiger partial charge in [-0.05, 0) is 18.1 Å². The lowest BCUT2D eigenvalue weighted by Gasteiger charge is -2.18. The first-order chi connectivity index (χ1) is 6.79. The lowest BCUT2D eigenvalue weighted by Crippen LogP contribution is -2.20. The van der Waals surface area contributed by atoms with Crippen molar-refractivity contribution >= 4 is 5.69 Å². The van der Waals surface area contributed by atoms with Crippen LogP contribution in [0.4, 0.5) is 5.69 Å². The maximum Gasteiger partial charge on any atom is 0.0666 e. The Balaban J connectivity index is 2.78. The van der Waals surface area contributed by atoms with Crippen molar-refractivity contribution in [3.63, 3.8) is 0 Å². The van der Waals surface area contributed by atoms with E-state index in [2.05, 4.69) is 0 Å². The summed E-state index contributed by atoms with van der Waals surface area (Å²) in [7, 11) is 0. The molecule has 0 radical (unpaired) electrons. The Kier molecular flexibility index (Phi) is 3.96. The summed E-state index contributed by atoms with van der Waals surface area (Å²) in [5.74, 6) is 0. The van der Waals surface area contributed by atoms with Crippen molar-refractivity contribution in [3.8, 4) is 6.07 Å². The first-order valence-corrected chi connectivity index (χ1v) is 4.71. The molecule has 0 aliphatic carbocycles. The fourth-order valence-corrected chi connectivity index (χ4v) is 1.34. The molecule has 1 rings (SSSR count). The van der Waals surface area contributed by atoms with Crippen LogP contribution in [0.5, 0.6) is 0 Å². The predicted molar refractivity (Wildman–Crippen MR) is 55.2 cm³/mol. The highest BCUT2D eigenvalue weighted by Gasteiger charge is 2.05. The van der Waals surface area contributed by atoms with E-state index in [1.165, 1.54) is 0 Å². The molecular weight excluding hydrogens is 176 g/mol. The Labute approximate surface area is 84.2 Å². The standard InChI is InChI=1S/C11H14N2O/c1-2-10-6-3-4-7-11(10)13(14)9-5-8-12/h3-4,6-7,14H,2,5,9H2,1H3. The van der Waals surface area contributed by atoms with Crippen molar-refractivity contribution in [2.24, 2.45) is 0 Å². The molecule has 0 aromatic heterocycles. The summed E-state index contributed by atoms with van der Waals surface area (Å²) in [6.45, 7) is 2.39. The smallest absolute Gasteiger partial charge is 0.0666 e. The van der Waals surface area contributed by atoms with Crippen LogP contribution >= 0.6 is 0 Å². The number of hydroxylamine groups is 1. The van der Waals surface area contributed by atoms with Crippen molar-refractivity contribution in [2.45, 2.75) is 19.8 Å². The third-order valence-electron chi connectivity index (χ3n) is 2.09. The fraction of sp³-hybridized carbons (Fsp3) is 0.364. The van der Waals surface area contributed by atoms with Gasteiger partial charge < -0.3 is 0 Å². The molecule has 0 amide bonds. The van der Waals surface area contributed by atoms with Gasteiger partial charge in [-0.15, -0.1) is 0 Å². The molecule has 0 atom stereocenters. The SMILES string of the molecule is CCc1ccccc1N(O)CCC#N. The van der Waals surface area contributed by atoms with E-state index in [4.69, 9.17) is 5.26 Å². The monoisotopic (exact) mass is 190 g/mol. The Bertz CT molecular complexity index is 330. The topological polar surface area (TPSA) is 47.3 Å². The Morgan fingerprint density at radius 3 is 2.79 bits per heavy atom. The molecule has 1 N–H and O–H groups in total. The number of nitriles is 1. The predicted octanol–water partition coefficient (Wildman–Crippen LogP) is 2.36. The molecule has 0 spiro atoms. The highest BCUT2D eigenvalue weighted by molar-refractivity contribution is 5.51. The van der Waals surface area contributed by atoms with Gasteiger partial charge in [0.1, 0.15) is 0 Å². The first-order valence-electron chi connectivity index (χ1n) is 4.71. The highest BCUT2D eigenvalue weighted by Crippen LogP contribution is 2.19. The van der Waals surface area contributed by atoms with Crippen molar-refractivity contribution in [1.29, 1.82) is 5.26 Å². The van der Waals surface area contributed by atoms with Gasteiger partial charge in [-0.2, -0.15) is 5.26 Å². The number of anilines is 1. The van der Waals surface area contributed by atoms with E-state index in [9.17, 15) is 5.21 Å². The second-order valence-electron chi connectivity index (χ2n) is 3.01. The van der Waals surface area contributed by atoms with E-state index in [1.807, 2.05) is 37.3 Å². The minimum absolute atomic E-state index is 0.328. The number of hydrogen-bond donors (Lipinski definition) is 1. The molecule has 0 saturated carbocycles. The molecule has 74 valence electrons. The summed E-state index contributed by atoms with van der Waals surface area (Å²) in [5, 5.41) is 19.2. The molecule has 1 aromatic carbocycles. The first kappa shape index (κ1) is 10.6. The van der Waals surface area contributed by atoms with Crippen LogP contribution in [0, 0.1) is 11.3 Å². The third kappa shape index (κ3) is 2.48. The molecule has 14 heavy (non-hydrogen) atoms. The van der Waals surface area contributed by atoms with E-state index >= 15 is 0 Å². The van der Waals surface area contributed by atoms with Gasteiger partial charge in [0.05, 0.1) is 24.7 Å². The number of benzene rings is 1. The molecule has 0 saturated heterocycles. The molecule has 0 heterocycles. The zero-order valence-corrected chi connectivity index (χ0v) is 8.27. The molecule has 0 fully saturated rings. The molecular formula is C11H14N2O. The average Bonchev–Trinajstić information content (AvgIpc) is 2.25. The zero-order valence-electron chi connectivity index (χ0n) is 8.27. The van der Waals surface area contributed by atoms with Gasteiger partial charge in [0.2, 0.25) is 0 Å². The van der Waals surface area contributed by atoms with E-state index in [1.54, 1.807) is 0 Å². The minimum atomic E-state index is 0.328. The lowest BCUT2D eigenvalue weighted by atomic mass is 10.1. The molecule has 0 aliphatic rings. The Morgan fingerprint density at radius 2 is 2.14 bits per heavy atom. The number of aryl methyl sites for hydroxylation is 1. The summed E-state index contributed by atoms with van der Waals surface area (Å²) < 4.78 is 0.